The minimum absolute atomic E-state index is 0.0980. The van der Waals surface area contributed by atoms with Gasteiger partial charge in [-0.05, 0) is 84.8 Å². The molecule has 2 rings (SSSR count). The molecule has 0 spiro atoms. The van der Waals surface area contributed by atoms with E-state index in [0.29, 0.717) is 17.9 Å². The lowest BCUT2D eigenvalue weighted by molar-refractivity contribution is -0.136. The number of nitrogen functional groups attached to an aromatic ring is 1. The first kappa shape index (κ1) is 29.7. The first-order valence-corrected chi connectivity index (χ1v) is 12.1. The average Bonchev–Trinajstić information content (AvgIpc) is 2.85. The second-order valence-electron chi connectivity index (χ2n) is 7.28. The molecule has 35 heavy (non-hydrogen) atoms. The van der Waals surface area contributed by atoms with Crippen molar-refractivity contribution < 1.29 is 19.2 Å². The van der Waals surface area contributed by atoms with E-state index in [1.807, 2.05) is 26.0 Å². The van der Waals surface area contributed by atoms with Gasteiger partial charge in [0.2, 0.25) is 5.24 Å². The largest absolute Gasteiger partial charge is 0.399 e. The van der Waals surface area contributed by atoms with E-state index in [0.717, 1.165) is 11.1 Å². The SMILES string of the molecule is CCONC(=O)C(NC(=O)c1ccc(C#CC#Cc2ccc(N)cc2)cc1)C(C)C.O=C(Cl)CBr. The molecule has 0 saturated heterocycles. The summed E-state index contributed by atoms with van der Waals surface area (Å²) >= 11 is 7.61. The lowest BCUT2D eigenvalue weighted by Crippen LogP contribution is -2.49. The Labute approximate surface area is 219 Å². The second kappa shape index (κ2) is 16.3. The standard InChI is InChI=1S/C24H25N3O3.C2H2BrClO/c1-4-30-27-24(29)22(17(2)3)26-23(28)20-13-9-18(10-14-20)7-5-6-8-19-11-15-21(25)16-12-19;3-1-2(4)5/h9-17,22H,4,25H2,1-3H3,(H,26,28)(H,27,29);1H2. The summed E-state index contributed by atoms with van der Waals surface area (Å²) in [6, 6.07) is 13.3. The van der Waals surface area contributed by atoms with E-state index in [4.69, 9.17) is 22.2 Å². The Morgan fingerprint density at radius 1 is 1.00 bits per heavy atom. The Hall–Kier alpha value is -3.30. The van der Waals surface area contributed by atoms with Crippen LogP contribution in [-0.4, -0.2) is 35.0 Å². The Bertz CT molecular complexity index is 1110. The number of hydrogen-bond donors (Lipinski definition) is 3. The minimum atomic E-state index is -0.702. The van der Waals surface area contributed by atoms with Crippen molar-refractivity contribution in [3.63, 3.8) is 0 Å². The highest BCUT2D eigenvalue weighted by molar-refractivity contribution is 9.09. The van der Waals surface area contributed by atoms with Crippen molar-refractivity contribution in [1.29, 1.82) is 0 Å². The highest BCUT2D eigenvalue weighted by Crippen LogP contribution is 2.07. The molecule has 9 heteroatoms. The normalized spacial score (nSPS) is 10.3. The fourth-order valence-electron chi connectivity index (χ4n) is 2.44. The first-order valence-electron chi connectivity index (χ1n) is 10.6. The first-order chi connectivity index (χ1) is 16.7. The van der Waals surface area contributed by atoms with E-state index in [1.165, 1.54) is 0 Å². The zero-order valence-corrected chi connectivity index (χ0v) is 22.0. The number of halogens is 2. The van der Waals surface area contributed by atoms with Crippen molar-refractivity contribution >= 4 is 50.3 Å². The van der Waals surface area contributed by atoms with Crippen molar-refractivity contribution in [1.82, 2.24) is 10.8 Å². The predicted octanol–water partition coefficient (Wildman–Crippen LogP) is 3.64. The molecule has 1 unspecified atom stereocenters. The number of anilines is 1. The molecular weight excluding hydrogens is 534 g/mol. The van der Waals surface area contributed by atoms with Gasteiger partial charge in [0.25, 0.3) is 11.8 Å². The van der Waals surface area contributed by atoms with Gasteiger partial charge in [0.05, 0.1) is 11.9 Å². The van der Waals surface area contributed by atoms with Crippen LogP contribution in [0.2, 0.25) is 0 Å². The summed E-state index contributed by atoms with van der Waals surface area (Å²) in [7, 11) is 0. The molecule has 0 fully saturated rings. The molecule has 0 aromatic heterocycles. The molecule has 0 saturated carbocycles. The molecule has 0 heterocycles. The predicted molar refractivity (Wildman–Crippen MR) is 142 cm³/mol. The van der Waals surface area contributed by atoms with Gasteiger partial charge in [-0.15, -0.1) is 0 Å². The van der Waals surface area contributed by atoms with Crippen LogP contribution in [0.25, 0.3) is 0 Å². The summed E-state index contributed by atoms with van der Waals surface area (Å²) in [4.78, 5) is 39.1. The third-order valence-electron chi connectivity index (χ3n) is 4.19. The van der Waals surface area contributed by atoms with Crippen LogP contribution in [0, 0.1) is 29.6 Å². The topological polar surface area (TPSA) is 111 Å². The van der Waals surface area contributed by atoms with Crippen molar-refractivity contribution in [2.24, 2.45) is 5.92 Å². The molecule has 184 valence electrons. The monoisotopic (exact) mass is 559 g/mol. The Balaban J connectivity index is 0.00000111. The summed E-state index contributed by atoms with van der Waals surface area (Å²) in [5, 5.41) is 2.63. The minimum Gasteiger partial charge on any atom is -0.399 e. The van der Waals surface area contributed by atoms with Crippen LogP contribution >= 0.6 is 27.5 Å². The van der Waals surface area contributed by atoms with E-state index < -0.39 is 6.04 Å². The maximum absolute atomic E-state index is 12.5. The number of alkyl halides is 1. The lowest BCUT2D eigenvalue weighted by Gasteiger charge is -2.21. The van der Waals surface area contributed by atoms with Crippen molar-refractivity contribution in [2.75, 3.05) is 17.7 Å². The number of rotatable bonds is 7. The molecule has 4 N–H and O–H groups in total. The van der Waals surface area contributed by atoms with Gasteiger partial charge in [0.15, 0.2) is 0 Å². The number of hydroxylamine groups is 1. The molecule has 2 aromatic carbocycles. The molecule has 2 amide bonds. The summed E-state index contributed by atoms with van der Waals surface area (Å²) in [5.41, 5.74) is 10.6. The molecule has 0 aliphatic carbocycles. The summed E-state index contributed by atoms with van der Waals surface area (Å²) in [5.74, 6) is 10.6. The number of carbonyl (C=O) groups excluding carboxylic acids is 3. The van der Waals surface area contributed by atoms with Crippen molar-refractivity contribution in [3.8, 4) is 23.7 Å². The highest BCUT2D eigenvalue weighted by atomic mass is 79.9. The molecule has 0 bridgehead atoms. The summed E-state index contributed by atoms with van der Waals surface area (Å²) < 4.78 is 0. The number of amides is 2. The van der Waals surface area contributed by atoms with E-state index >= 15 is 0 Å². The van der Waals surface area contributed by atoms with Crippen molar-refractivity contribution in [3.05, 3.63) is 65.2 Å². The van der Waals surface area contributed by atoms with Gasteiger partial charge in [0, 0.05) is 22.4 Å². The summed E-state index contributed by atoms with van der Waals surface area (Å²) in [6.45, 7) is 5.80. The van der Waals surface area contributed by atoms with E-state index in [1.54, 1.807) is 43.3 Å². The summed E-state index contributed by atoms with van der Waals surface area (Å²) in [6.07, 6.45) is 0. The molecule has 0 radical (unpaired) electrons. The lowest BCUT2D eigenvalue weighted by atomic mass is 10.0. The van der Waals surface area contributed by atoms with Gasteiger partial charge in [0.1, 0.15) is 6.04 Å². The maximum atomic E-state index is 12.5. The van der Waals surface area contributed by atoms with Crippen molar-refractivity contribution in [2.45, 2.75) is 26.8 Å². The Kier molecular flexibility index (Phi) is 13.9. The van der Waals surface area contributed by atoms with Crippen LogP contribution in [0.3, 0.4) is 0 Å². The highest BCUT2D eigenvalue weighted by Gasteiger charge is 2.24. The third-order valence-corrected chi connectivity index (χ3v) is 5.16. The maximum Gasteiger partial charge on any atom is 0.266 e. The number of benzene rings is 2. The van der Waals surface area contributed by atoms with Crippen LogP contribution in [-0.2, 0) is 14.4 Å². The fraction of sp³-hybridized carbons (Fsp3) is 0.269. The zero-order valence-electron chi connectivity index (χ0n) is 19.7. The number of hydrogen-bond acceptors (Lipinski definition) is 5. The van der Waals surface area contributed by atoms with Gasteiger partial charge in [-0.25, -0.2) is 5.48 Å². The molecule has 1 atom stereocenters. The van der Waals surface area contributed by atoms with E-state index in [9.17, 15) is 14.4 Å². The van der Waals surface area contributed by atoms with Crippen LogP contribution in [0.15, 0.2) is 48.5 Å². The van der Waals surface area contributed by atoms with Gasteiger partial charge in [-0.2, -0.15) is 0 Å². The molecular formula is C26H27BrClN3O4. The van der Waals surface area contributed by atoms with E-state index in [-0.39, 0.29) is 28.3 Å². The zero-order chi connectivity index (χ0) is 26.2. The molecule has 2 aromatic rings. The number of nitrogens with two attached hydrogens (primary N) is 1. The van der Waals surface area contributed by atoms with Crippen LogP contribution in [0.1, 0.15) is 42.3 Å². The fourth-order valence-corrected chi connectivity index (χ4v) is 2.44. The van der Waals surface area contributed by atoms with Crippen LogP contribution in [0.4, 0.5) is 5.69 Å². The Morgan fingerprint density at radius 2 is 1.49 bits per heavy atom. The average molecular weight is 561 g/mol. The van der Waals surface area contributed by atoms with Gasteiger partial charge < -0.3 is 11.1 Å². The molecule has 7 nitrogen and oxygen atoms in total. The smallest absolute Gasteiger partial charge is 0.266 e. The number of carbonyl (C=O) groups is 3. The van der Waals surface area contributed by atoms with Gasteiger partial charge in [-0.3, -0.25) is 19.2 Å². The van der Waals surface area contributed by atoms with Gasteiger partial charge in [-0.1, -0.05) is 41.6 Å². The third kappa shape index (κ3) is 12.1. The van der Waals surface area contributed by atoms with Crippen LogP contribution in [0.5, 0.6) is 0 Å². The number of nitrogens with one attached hydrogen (secondary N) is 2. The van der Waals surface area contributed by atoms with Gasteiger partial charge >= 0.3 is 0 Å². The molecule has 0 aliphatic rings. The molecule has 0 aliphatic heterocycles. The van der Waals surface area contributed by atoms with Crippen LogP contribution < -0.4 is 16.5 Å². The Morgan fingerprint density at radius 3 is 1.91 bits per heavy atom. The van der Waals surface area contributed by atoms with E-state index in [2.05, 4.69) is 50.4 Å². The quantitative estimate of drug-likeness (QED) is 0.157. The second-order valence-corrected chi connectivity index (χ2v) is 8.26.